The van der Waals surface area contributed by atoms with Gasteiger partial charge in [0.2, 0.25) is 5.76 Å². The molecule has 5 nitrogen and oxygen atoms in total. The average Bonchev–Trinajstić information content (AvgIpc) is 2.93. The van der Waals surface area contributed by atoms with E-state index in [9.17, 15) is 4.79 Å². The zero-order chi connectivity index (χ0) is 14.4. The van der Waals surface area contributed by atoms with E-state index in [0.717, 1.165) is 19.5 Å². The Morgan fingerprint density at radius 3 is 2.65 bits per heavy atom. The van der Waals surface area contributed by atoms with Crippen LogP contribution in [0.25, 0.3) is 0 Å². The van der Waals surface area contributed by atoms with Gasteiger partial charge in [-0.25, -0.2) is 4.79 Å². The van der Waals surface area contributed by atoms with Crippen LogP contribution in [0.4, 0.5) is 11.6 Å². The number of carbonyl (C=O) groups is 1. The van der Waals surface area contributed by atoms with Crippen molar-refractivity contribution in [3.05, 3.63) is 48.2 Å². The van der Waals surface area contributed by atoms with Crippen LogP contribution >= 0.6 is 0 Å². The predicted octanol–water partition coefficient (Wildman–Crippen LogP) is 2.92. The van der Waals surface area contributed by atoms with Crippen LogP contribution in [0.5, 0.6) is 0 Å². The Morgan fingerprint density at radius 1 is 1.25 bits per heavy atom. The Morgan fingerprint density at radius 2 is 2.00 bits per heavy atom. The molecule has 0 spiro atoms. The fourth-order valence-corrected chi connectivity index (χ4v) is 1.89. The van der Waals surface area contributed by atoms with E-state index in [4.69, 9.17) is 9.52 Å². The Hall–Kier alpha value is -2.43. The molecule has 0 radical (unpaired) electrons. The summed E-state index contributed by atoms with van der Waals surface area (Å²) in [6.07, 6.45) is 0.925. The summed E-state index contributed by atoms with van der Waals surface area (Å²) in [5.41, 5.74) is 1.18. The van der Waals surface area contributed by atoms with Gasteiger partial charge in [0, 0.05) is 31.9 Å². The Kier molecular flexibility index (Phi) is 4.65. The molecule has 0 saturated carbocycles. The number of rotatable bonds is 7. The van der Waals surface area contributed by atoms with Crippen molar-refractivity contribution in [2.24, 2.45) is 0 Å². The molecule has 0 unspecified atom stereocenters. The first kappa shape index (κ1) is 14.0. The van der Waals surface area contributed by atoms with Crippen LogP contribution in [0.1, 0.15) is 17.0 Å². The van der Waals surface area contributed by atoms with E-state index in [1.807, 2.05) is 25.2 Å². The summed E-state index contributed by atoms with van der Waals surface area (Å²) in [6.45, 7) is 1.63. The van der Waals surface area contributed by atoms with Crippen LogP contribution in [0.3, 0.4) is 0 Å². The molecule has 1 aromatic carbocycles. The highest BCUT2D eigenvalue weighted by atomic mass is 16.4. The van der Waals surface area contributed by atoms with E-state index in [1.165, 1.54) is 11.8 Å². The Bertz CT molecular complexity index is 551. The van der Waals surface area contributed by atoms with Gasteiger partial charge in [-0.15, -0.1) is 0 Å². The minimum Gasteiger partial charge on any atom is -0.475 e. The molecule has 2 N–H and O–H groups in total. The van der Waals surface area contributed by atoms with Crippen molar-refractivity contribution in [1.82, 2.24) is 0 Å². The lowest BCUT2D eigenvalue weighted by Gasteiger charge is -2.19. The van der Waals surface area contributed by atoms with Gasteiger partial charge < -0.3 is 19.7 Å². The van der Waals surface area contributed by atoms with Gasteiger partial charge in [-0.3, -0.25) is 0 Å². The van der Waals surface area contributed by atoms with Gasteiger partial charge in [0.15, 0.2) is 5.88 Å². The summed E-state index contributed by atoms with van der Waals surface area (Å²) in [4.78, 5) is 12.8. The summed E-state index contributed by atoms with van der Waals surface area (Å²) in [5, 5.41) is 11.8. The molecule has 0 atom stereocenters. The van der Waals surface area contributed by atoms with E-state index in [0.29, 0.717) is 5.88 Å². The largest absolute Gasteiger partial charge is 0.475 e. The van der Waals surface area contributed by atoms with Gasteiger partial charge in [0.25, 0.3) is 0 Å². The number of carboxylic acids is 1. The van der Waals surface area contributed by atoms with Gasteiger partial charge in [0.1, 0.15) is 0 Å². The highest BCUT2D eigenvalue weighted by Crippen LogP contribution is 2.14. The van der Waals surface area contributed by atoms with E-state index in [-0.39, 0.29) is 5.76 Å². The van der Waals surface area contributed by atoms with Crippen LogP contribution in [0.15, 0.2) is 46.9 Å². The fourth-order valence-electron chi connectivity index (χ4n) is 1.89. The molecule has 1 aromatic heterocycles. The molecule has 1 heterocycles. The van der Waals surface area contributed by atoms with Gasteiger partial charge in [-0.05, 0) is 24.6 Å². The second-order valence-electron chi connectivity index (χ2n) is 4.51. The molecule has 0 amide bonds. The summed E-state index contributed by atoms with van der Waals surface area (Å²) in [5.74, 6) is -0.611. The number of para-hydroxylation sites is 1. The van der Waals surface area contributed by atoms with Crippen LogP contribution in [0, 0.1) is 0 Å². The minimum atomic E-state index is -1.05. The van der Waals surface area contributed by atoms with Gasteiger partial charge >= 0.3 is 5.97 Å². The van der Waals surface area contributed by atoms with Crippen LogP contribution < -0.4 is 10.2 Å². The maximum atomic E-state index is 10.7. The van der Waals surface area contributed by atoms with Crippen LogP contribution in [0.2, 0.25) is 0 Å². The second kappa shape index (κ2) is 6.65. The number of hydrogen-bond acceptors (Lipinski definition) is 4. The molecular weight excluding hydrogens is 256 g/mol. The zero-order valence-corrected chi connectivity index (χ0v) is 11.4. The van der Waals surface area contributed by atoms with E-state index in [2.05, 4.69) is 22.3 Å². The molecule has 0 aliphatic heterocycles. The lowest BCUT2D eigenvalue weighted by Crippen LogP contribution is -2.20. The topological polar surface area (TPSA) is 65.7 Å². The molecule has 20 heavy (non-hydrogen) atoms. The summed E-state index contributed by atoms with van der Waals surface area (Å²) < 4.78 is 5.11. The highest BCUT2D eigenvalue weighted by molar-refractivity contribution is 5.84. The number of anilines is 2. The van der Waals surface area contributed by atoms with Gasteiger partial charge in [0.05, 0.1) is 0 Å². The van der Waals surface area contributed by atoms with Crippen molar-refractivity contribution < 1.29 is 14.3 Å². The highest BCUT2D eigenvalue weighted by Gasteiger charge is 2.08. The standard InChI is InChI=1S/C15H18N2O3/c1-17(12-6-3-2-4-7-12)11-5-10-16-14-9-8-13(20-14)15(18)19/h2-4,6-9,16H,5,10-11H2,1H3,(H,18,19). The molecule has 0 saturated heterocycles. The monoisotopic (exact) mass is 274 g/mol. The first-order chi connectivity index (χ1) is 9.66. The molecule has 0 aliphatic rings. The first-order valence-corrected chi connectivity index (χ1v) is 6.50. The van der Waals surface area contributed by atoms with Crippen molar-refractivity contribution in [2.45, 2.75) is 6.42 Å². The smallest absolute Gasteiger partial charge is 0.371 e. The number of nitrogens with zero attached hydrogens (tertiary/aromatic N) is 1. The average molecular weight is 274 g/mol. The number of aromatic carboxylic acids is 1. The third kappa shape index (κ3) is 3.78. The SMILES string of the molecule is CN(CCCNc1ccc(C(=O)O)o1)c1ccccc1. The van der Waals surface area contributed by atoms with Crippen molar-refractivity contribution in [1.29, 1.82) is 0 Å². The number of hydrogen-bond donors (Lipinski definition) is 2. The summed E-state index contributed by atoms with van der Waals surface area (Å²) in [7, 11) is 2.05. The zero-order valence-electron chi connectivity index (χ0n) is 11.4. The van der Waals surface area contributed by atoms with E-state index in [1.54, 1.807) is 6.07 Å². The third-order valence-electron chi connectivity index (χ3n) is 2.98. The Labute approximate surface area is 117 Å². The van der Waals surface area contributed by atoms with Crippen molar-refractivity contribution in [3.8, 4) is 0 Å². The van der Waals surface area contributed by atoms with Gasteiger partial charge in [-0.1, -0.05) is 18.2 Å². The molecule has 0 aliphatic carbocycles. The number of carboxylic acid groups (broad SMARTS) is 1. The molecular formula is C15H18N2O3. The quantitative estimate of drug-likeness (QED) is 0.760. The Balaban J connectivity index is 1.72. The summed E-state index contributed by atoms with van der Waals surface area (Å²) in [6, 6.07) is 13.2. The fraction of sp³-hybridized carbons (Fsp3) is 0.267. The van der Waals surface area contributed by atoms with E-state index >= 15 is 0 Å². The van der Waals surface area contributed by atoms with Crippen LogP contribution in [-0.2, 0) is 0 Å². The maximum absolute atomic E-state index is 10.7. The maximum Gasteiger partial charge on any atom is 0.371 e. The lowest BCUT2D eigenvalue weighted by molar-refractivity contribution is 0.0663. The van der Waals surface area contributed by atoms with Gasteiger partial charge in [-0.2, -0.15) is 0 Å². The molecule has 2 rings (SSSR count). The first-order valence-electron chi connectivity index (χ1n) is 6.50. The third-order valence-corrected chi connectivity index (χ3v) is 2.98. The van der Waals surface area contributed by atoms with E-state index < -0.39 is 5.97 Å². The molecule has 106 valence electrons. The second-order valence-corrected chi connectivity index (χ2v) is 4.51. The molecule has 0 bridgehead atoms. The molecule has 2 aromatic rings. The predicted molar refractivity (Wildman–Crippen MR) is 78.5 cm³/mol. The number of furan rings is 1. The van der Waals surface area contributed by atoms with Crippen LogP contribution in [-0.4, -0.2) is 31.2 Å². The van der Waals surface area contributed by atoms with Crippen molar-refractivity contribution in [2.75, 3.05) is 30.4 Å². The molecule has 0 fully saturated rings. The van der Waals surface area contributed by atoms with Crippen molar-refractivity contribution >= 4 is 17.5 Å². The molecule has 5 heteroatoms. The number of nitrogens with one attached hydrogen (secondary N) is 1. The lowest BCUT2D eigenvalue weighted by atomic mass is 10.3. The number of benzene rings is 1. The summed E-state index contributed by atoms with van der Waals surface area (Å²) >= 11 is 0. The van der Waals surface area contributed by atoms with Crippen molar-refractivity contribution in [3.63, 3.8) is 0 Å². The normalized spacial score (nSPS) is 10.2. The minimum absolute atomic E-state index is 0.0473.